The predicted molar refractivity (Wildman–Crippen MR) is 135 cm³/mol. The maximum Gasteiger partial charge on any atom is 0.286 e. The molecule has 2 aromatic carbocycles. The first-order valence-corrected chi connectivity index (χ1v) is 12.2. The third-order valence-electron chi connectivity index (χ3n) is 5.42. The average Bonchev–Trinajstić information content (AvgIpc) is 3.39. The van der Waals surface area contributed by atoms with Crippen molar-refractivity contribution < 1.29 is 19.8 Å². The van der Waals surface area contributed by atoms with Crippen LogP contribution < -0.4 is 0 Å². The van der Waals surface area contributed by atoms with Gasteiger partial charge in [-0.2, -0.15) is 9.98 Å². The number of carbonyl (C=O) groups excluding carboxylic acids is 2. The van der Waals surface area contributed by atoms with Gasteiger partial charge in [-0.05, 0) is 71.1 Å². The molecule has 10 heteroatoms. The molecule has 172 valence electrons. The number of phenols is 2. The van der Waals surface area contributed by atoms with Crippen molar-refractivity contribution in [2.45, 2.75) is 0 Å². The Morgan fingerprint density at radius 2 is 1.00 bits per heavy atom. The van der Waals surface area contributed by atoms with E-state index in [1.165, 1.54) is 23.5 Å². The zero-order chi connectivity index (χ0) is 23.7. The molecule has 0 spiro atoms. The van der Waals surface area contributed by atoms with Crippen molar-refractivity contribution in [3.63, 3.8) is 0 Å². The van der Waals surface area contributed by atoms with Crippen LogP contribution >= 0.6 is 23.5 Å². The lowest BCUT2D eigenvalue weighted by Gasteiger charge is -2.35. The van der Waals surface area contributed by atoms with Gasteiger partial charge >= 0.3 is 0 Å². The van der Waals surface area contributed by atoms with Crippen molar-refractivity contribution in [3.8, 4) is 11.5 Å². The van der Waals surface area contributed by atoms with Crippen LogP contribution in [0.5, 0.6) is 11.5 Å². The number of aliphatic imine (C=N–C) groups is 2. The Morgan fingerprint density at radius 1 is 0.647 bits per heavy atom. The van der Waals surface area contributed by atoms with Gasteiger partial charge in [-0.15, -0.1) is 0 Å². The van der Waals surface area contributed by atoms with Crippen LogP contribution in [-0.4, -0.2) is 68.3 Å². The van der Waals surface area contributed by atoms with E-state index in [0.717, 1.165) is 11.1 Å². The third-order valence-corrected chi connectivity index (χ3v) is 7.51. The number of piperazine rings is 1. The normalized spacial score (nSPS) is 20.9. The van der Waals surface area contributed by atoms with E-state index in [1.54, 1.807) is 60.7 Å². The first-order valence-electron chi connectivity index (χ1n) is 10.6. The SMILES string of the molecule is O=C1N=C(N2CCN(C3=NC(=O)/C(=C\c4ccc(O)cc4)S3)CC2)S/C1=C/c1ccc(O)cc1. The van der Waals surface area contributed by atoms with Gasteiger partial charge in [0, 0.05) is 26.2 Å². The van der Waals surface area contributed by atoms with E-state index in [4.69, 9.17) is 0 Å². The van der Waals surface area contributed by atoms with Gasteiger partial charge in [0.15, 0.2) is 10.3 Å². The molecule has 3 aliphatic rings. The smallest absolute Gasteiger partial charge is 0.286 e. The maximum atomic E-state index is 12.4. The zero-order valence-electron chi connectivity index (χ0n) is 17.9. The summed E-state index contributed by atoms with van der Waals surface area (Å²) in [5.41, 5.74) is 1.65. The van der Waals surface area contributed by atoms with Crippen LogP contribution in [0.15, 0.2) is 68.3 Å². The third kappa shape index (κ3) is 4.87. The van der Waals surface area contributed by atoms with Crippen molar-refractivity contribution in [2.24, 2.45) is 9.98 Å². The summed E-state index contributed by atoms with van der Waals surface area (Å²) in [6.07, 6.45) is 3.55. The fourth-order valence-corrected chi connectivity index (χ4v) is 5.53. The summed E-state index contributed by atoms with van der Waals surface area (Å²) >= 11 is 2.70. The molecule has 3 heterocycles. The second kappa shape index (κ2) is 9.40. The molecule has 5 rings (SSSR count). The van der Waals surface area contributed by atoms with Crippen LogP contribution in [0, 0.1) is 0 Å². The van der Waals surface area contributed by atoms with Gasteiger partial charge in [0.2, 0.25) is 0 Å². The van der Waals surface area contributed by atoms with Gasteiger partial charge in [-0.1, -0.05) is 24.3 Å². The summed E-state index contributed by atoms with van der Waals surface area (Å²) in [7, 11) is 0. The quantitative estimate of drug-likeness (QED) is 0.615. The number of amidine groups is 2. The Balaban J connectivity index is 1.18. The standard InChI is InChI=1S/C24H20N4O4S2/c29-17-5-1-15(2-6-17)13-19-21(31)25-23(33-19)27-9-11-28(12-10-27)24-26-22(32)20(34-24)14-16-3-7-18(30)8-4-16/h1-8,13-14,29-30H,9-12H2/b19-13+,20-14+. The van der Waals surface area contributed by atoms with Gasteiger partial charge in [0.25, 0.3) is 11.8 Å². The van der Waals surface area contributed by atoms with Gasteiger partial charge in [0.05, 0.1) is 9.81 Å². The number of aromatic hydroxyl groups is 2. The van der Waals surface area contributed by atoms with E-state index in [-0.39, 0.29) is 23.3 Å². The van der Waals surface area contributed by atoms with Crippen molar-refractivity contribution >= 4 is 57.8 Å². The van der Waals surface area contributed by atoms with E-state index >= 15 is 0 Å². The van der Waals surface area contributed by atoms with Crippen molar-refractivity contribution in [1.29, 1.82) is 0 Å². The number of thioether (sulfide) groups is 2. The van der Waals surface area contributed by atoms with Crippen LogP contribution in [0.3, 0.4) is 0 Å². The molecule has 2 aromatic rings. The molecule has 0 aromatic heterocycles. The minimum Gasteiger partial charge on any atom is -0.508 e. The molecule has 34 heavy (non-hydrogen) atoms. The molecular weight excluding hydrogens is 472 g/mol. The van der Waals surface area contributed by atoms with Gasteiger partial charge < -0.3 is 20.0 Å². The Kier molecular flexibility index (Phi) is 6.16. The molecule has 1 fully saturated rings. The summed E-state index contributed by atoms with van der Waals surface area (Å²) in [5, 5.41) is 20.2. The topological polar surface area (TPSA) is 106 Å². The Hall–Kier alpha value is -3.50. The molecule has 0 saturated carbocycles. The average molecular weight is 493 g/mol. The minimum atomic E-state index is -0.263. The van der Waals surface area contributed by atoms with E-state index in [9.17, 15) is 19.8 Å². The lowest BCUT2D eigenvalue weighted by molar-refractivity contribution is -0.114. The van der Waals surface area contributed by atoms with Crippen molar-refractivity contribution in [1.82, 2.24) is 9.80 Å². The highest BCUT2D eigenvalue weighted by Gasteiger charge is 2.32. The number of amides is 2. The number of hydrogen-bond donors (Lipinski definition) is 2. The molecule has 3 aliphatic heterocycles. The zero-order valence-corrected chi connectivity index (χ0v) is 19.6. The van der Waals surface area contributed by atoms with Crippen molar-refractivity contribution in [3.05, 3.63) is 69.5 Å². The lowest BCUT2D eigenvalue weighted by atomic mass is 10.2. The first kappa shape index (κ1) is 22.3. The molecule has 2 N–H and O–H groups in total. The highest BCUT2D eigenvalue weighted by molar-refractivity contribution is 8.18. The summed E-state index contributed by atoms with van der Waals surface area (Å²) in [4.78, 5) is 38.4. The predicted octanol–water partition coefficient (Wildman–Crippen LogP) is 3.36. The number of benzene rings is 2. The molecule has 2 amide bonds. The molecule has 0 unspecified atom stereocenters. The Morgan fingerprint density at radius 3 is 1.35 bits per heavy atom. The van der Waals surface area contributed by atoms with E-state index in [2.05, 4.69) is 19.8 Å². The molecule has 1 saturated heterocycles. The van der Waals surface area contributed by atoms with E-state index < -0.39 is 0 Å². The summed E-state index contributed by atoms with van der Waals surface area (Å²) < 4.78 is 0. The molecule has 0 atom stereocenters. The molecular formula is C24H20N4O4S2. The fourth-order valence-electron chi connectivity index (χ4n) is 3.60. The fraction of sp³-hybridized carbons (Fsp3) is 0.167. The minimum absolute atomic E-state index is 0.178. The monoisotopic (exact) mass is 492 g/mol. The van der Waals surface area contributed by atoms with E-state index in [0.29, 0.717) is 46.3 Å². The highest BCUT2D eigenvalue weighted by Crippen LogP contribution is 2.33. The Bertz CT molecular complexity index is 1160. The number of hydrogen-bond acceptors (Lipinski definition) is 8. The van der Waals surface area contributed by atoms with Gasteiger partial charge in [0.1, 0.15) is 11.5 Å². The number of phenolic OH excluding ortho intramolecular Hbond substituents is 2. The van der Waals surface area contributed by atoms with Gasteiger partial charge in [-0.3, -0.25) is 9.59 Å². The van der Waals surface area contributed by atoms with Crippen LogP contribution in [-0.2, 0) is 9.59 Å². The van der Waals surface area contributed by atoms with Crippen molar-refractivity contribution in [2.75, 3.05) is 26.2 Å². The number of nitrogens with zero attached hydrogens (tertiary/aromatic N) is 4. The van der Waals surface area contributed by atoms with Crippen LogP contribution in [0.2, 0.25) is 0 Å². The number of rotatable bonds is 2. The van der Waals surface area contributed by atoms with Crippen LogP contribution in [0.25, 0.3) is 12.2 Å². The Labute approximate surface area is 204 Å². The van der Waals surface area contributed by atoms with Crippen LogP contribution in [0.4, 0.5) is 0 Å². The first-order chi connectivity index (χ1) is 16.4. The molecule has 0 radical (unpaired) electrons. The summed E-state index contributed by atoms with van der Waals surface area (Å²) in [6, 6.07) is 13.3. The molecule has 0 bridgehead atoms. The summed E-state index contributed by atoms with van der Waals surface area (Å²) in [5.74, 6) is -0.171. The largest absolute Gasteiger partial charge is 0.508 e. The number of carbonyl (C=O) groups is 2. The summed E-state index contributed by atoms with van der Waals surface area (Å²) in [6.45, 7) is 2.65. The van der Waals surface area contributed by atoms with E-state index in [1.807, 2.05) is 0 Å². The highest BCUT2D eigenvalue weighted by atomic mass is 32.2. The second-order valence-corrected chi connectivity index (χ2v) is 9.80. The molecule has 0 aliphatic carbocycles. The van der Waals surface area contributed by atoms with Gasteiger partial charge in [-0.25, -0.2) is 0 Å². The maximum absolute atomic E-state index is 12.4. The van der Waals surface area contributed by atoms with Crippen LogP contribution in [0.1, 0.15) is 11.1 Å². The molecule has 8 nitrogen and oxygen atoms in total. The second-order valence-electron chi connectivity index (χ2n) is 7.78. The lowest BCUT2D eigenvalue weighted by Crippen LogP contribution is -2.49.